The first-order chi connectivity index (χ1) is 12.1. The van der Waals surface area contributed by atoms with Crippen LogP contribution >= 0.6 is 0 Å². The fraction of sp³-hybridized carbons (Fsp3) is 0.600. The average Bonchev–Trinajstić information content (AvgIpc) is 2.78. The predicted octanol–water partition coefficient (Wildman–Crippen LogP) is 3.07. The Kier molecular flexibility index (Phi) is 5.95. The Balaban J connectivity index is 1.48. The van der Waals surface area contributed by atoms with Crippen molar-refractivity contribution in [3.63, 3.8) is 0 Å². The number of urea groups is 1. The molecule has 1 heterocycles. The number of aryl methyl sites for hydroxylation is 1. The molecule has 0 spiro atoms. The molecule has 1 aliphatic carbocycles. The highest BCUT2D eigenvalue weighted by atomic mass is 16.2. The zero-order valence-corrected chi connectivity index (χ0v) is 15.2. The molecule has 1 N–H and O–H groups in total. The summed E-state index contributed by atoms with van der Waals surface area (Å²) in [6, 6.07) is 8.48. The Morgan fingerprint density at radius 1 is 1.12 bits per heavy atom. The molecule has 2 aliphatic rings. The van der Waals surface area contributed by atoms with Crippen LogP contribution in [0.2, 0.25) is 0 Å². The van der Waals surface area contributed by atoms with Crippen LogP contribution in [0.15, 0.2) is 24.3 Å². The smallest absolute Gasteiger partial charge is 0.320 e. The maximum absolute atomic E-state index is 12.5. The summed E-state index contributed by atoms with van der Waals surface area (Å²) in [7, 11) is 0. The van der Waals surface area contributed by atoms with Gasteiger partial charge in [-0.25, -0.2) is 4.79 Å². The molecule has 1 saturated heterocycles. The van der Waals surface area contributed by atoms with E-state index < -0.39 is 0 Å². The van der Waals surface area contributed by atoms with Crippen molar-refractivity contribution >= 4 is 11.9 Å². The number of carbonyl (C=O) groups excluding carboxylic acids is 2. The number of benzene rings is 1. The molecule has 5 heteroatoms. The fourth-order valence-electron chi connectivity index (χ4n) is 3.83. The van der Waals surface area contributed by atoms with Gasteiger partial charge >= 0.3 is 6.03 Å². The Labute approximate surface area is 150 Å². The molecule has 136 valence electrons. The van der Waals surface area contributed by atoms with Crippen LogP contribution in [-0.4, -0.2) is 47.4 Å². The summed E-state index contributed by atoms with van der Waals surface area (Å²) >= 11 is 0. The number of rotatable bonds is 5. The number of amides is 3. The molecule has 0 unspecified atom stereocenters. The standard InChI is InChI=1S/C20H29N3O2/c1-16-7-6-8-17(13-16)14-22-11-12-23(20(22)25)15-19(24)21-18-9-4-2-3-5-10-18/h6-8,13,18H,2-5,9-12,14-15H2,1H3,(H,21,24). The fourth-order valence-corrected chi connectivity index (χ4v) is 3.83. The predicted molar refractivity (Wildman–Crippen MR) is 98.2 cm³/mol. The van der Waals surface area contributed by atoms with E-state index in [-0.39, 0.29) is 24.5 Å². The van der Waals surface area contributed by atoms with Crippen molar-refractivity contribution in [2.75, 3.05) is 19.6 Å². The molecule has 5 nitrogen and oxygen atoms in total. The Morgan fingerprint density at radius 2 is 1.84 bits per heavy atom. The molecular weight excluding hydrogens is 314 g/mol. The topological polar surface area (TPSA) is 52.6 Å². The second-order valence-corrected chi connectivity index (χ2v) is 7.37. The Bertz CT molecular complexity index is 609. The van der Waals surface area contributed by atoms with Gasteiger partial charge < -0.3 is 15.1 Å². The van der Waals surface area contributed by atoms with Gasteiger partial charge in [0, 0.05) is 25.7 Å². The number of nitrogens with one attached hydrogen (secondary N) is 1. The van der Waals surface area contributed by atoms with Gasteiger partial charge in [-0.3, -0.25) is 4.79 Å². The van der Waals surface area contributed by atoms with Crippen LogP contribution < -0.4 is 5.32 Å². The van der Waals surface area contributed by atoms with Crippen LogP contribution in [0.3, 0.4) is 0 Å². The molecule has 1 aliphatic heterocycles. The molecule has 3 amide bonds. The lowest BCUT2D eigenvalue weighted by Crippen LogP contribution is -2.43. The molecule has 1 aromatic rings. The maximum atomic E-state index is 12.5. The van der Waals surface area contributed by atoms with E-state index >= 15 is 0 Å². The Morgan fingerprint density at radius 3 is 2.56 bits per heavy atom. The van der Waals surface area contributed by atoms with Crippen molar-refractivity contribution in [3.05, 3.63) is 35.4 Å². The molecule has 0 atom stereocenters. The van der Waals surface area contributed by atoms with Gasteiger partial charge in [-0.1, -0.05) is 55.5 Å². The van der Waals surface area contributed by atoms with Crippen molar-refractivity contribution < 1.29 is 9.59 Å². The average molecular weight is 343 g/mol. The summed E-state index contributed by atoms with van der Waals surface area (Å²) < 4.78 is 0. The lowest BCUT2D eigenvalue weighted by Gasteiger charge is -2.21. The van der Waals surface area contributed by atoms with Crippen molar-refractivity contribution in [1.82, 2.24) is 15.1 Å². The normalized spacial score (nSPS) is 19.2. The third kappa shape index (κ3) is 4.97. The summed E-state index contributed by atoms with van der Waals surface area (Å²) in [5.74, 6) is -0.0161. The first kappa shape index (κ1) is 17.8. The zero-order valence-electron chi connectivity index (χ0n) is 15.2. The van der Waals surface area contributed by atoms with Gasteiger partial charge in [-0.2, -0.15) is 0 Å². The minimum Gasteiger partial charge on any atom is -0.352 e. The molecule has 1 aromatic carbocycles. The SMILES string of the molecule is Cc1cccc(CN2CCN(CC(=O)NC3CCCCCC3)C2=O)c1. The van der Waals surface area contributed by atoms with E-state index in [0.29, 0.717) is 19.6 Å². The summed E-state index contributed by atoms with van der Waals surface area (Å²) in [6.07, 6.45) is 7.06. The lowest BCUT2D eigenvalue weighted by atomic mass is 10.1. The second-order valence-electron chi connectivity index (χ2n) is 7.37. The largest absolute Gasteiger partial charge is 0.352 e. The van der Waals surface area contributed by atoms with Crippen LogP contribution in [0, 0.1) is 6.92 Å². The first-order valence-electron chi connectivity index (χ1n) is 9.50. The van der Waals surface area contributed by atoms with Crippen LogP contribution in [0.4, 0.5) is 4.79 Å². The van der Waals surface area contributed by atoms with Gasteiger partial charge in [0.15, 0.2) is 0 Å². The maximum Gasteiger partial charge on any atom is 0.320 e. The van der Waals surface area contributed by atoms with E-state index in [1.54, 1.807) is 4.90 Å². The van der Waals surface area contributed by atoms with E-state index in [4.69, 9.17) is 0 Å². The van der Waals surface area contributed by atoms with Crippen molar-refractivity contribution in [1.29, 1.82) is 0 Å². The van der Waals surface area contributed by atoms with Crippen LogP contribution in [-0.2, 0) is 11.3 Å². The lowest BCUT2D eigenvalue weighted by molar-refractivity contribution is -0.122. The van der Waals surface area contributed by atoms with Crippen LogP contribution in [0.1, 0.15) is 49.7 Å². The minimum atomic E-state index is -0.0301. The van der Waals surface area contributed by atoms with Crippen molar-refractivity contribution in [3.8, 4) is 0 Å². The molecule has 25 heavy (non-hydrogen) atoms. The quantitative estimate of drug-likeness (QED) is 0.836. The molecule has 0 radical (unpaired) electrons. The molecule has 2 fully saturated rings. The summed E-state index contributed by atoms with van der Waals surface area (Å²) in [5.41, 5.74) is 2.34. The molecule has 0 bridgehead atoms. The third-order valence-corrected chi connectivity index (χ3v) is 5.19. The molecule has 1 saturated carbocycles. The van der Waals surface area contributed by atoms with Crippen molar-refractivity contribution in [2.24, 2.45) is 0 Å². The number of hydrogen-bond donors (Lipinski definition) is 1. The highest BCUT2D eigenvalue weighted by Gasteiger charge is 2.30. The molecular formula is C20H29N3O2. The van der Waals surface area contributed by atoms with Gasteiger partial charge in [0.05, 0.1) is 0 Å². The highest BCUT2D eigenvalue weighted by molar-refractivity contribution is 5.85. The van der Waals surface area contributed by atoms with Crippen molar-refractivity contribution in [2.45, 2.75) is 58.0 Å². The van der Waals surface area contributed by atoms with Gasteiger partial charge in [0.1, 0.15) is 6.54 Å². The number of nitrogens with zero attached hydrogens (tertiary/aromatic N) is 2. The highest BCUT2D eigenvalue weighted by Crippen LogP contribution is 2.18. The summed E-state index contributed by atoms with van der Waals surface area (Å²) in [6.45, 7) is 4.16. The Hall–Kier alpha value is -2.04. The van der Waals surface area contributed by atoms with Gasteiger partial charge in [0.2, 0.25) is 5.91 Å². The molecule has 3 rings (SSSR count). The number of hydrogen-bond acceptors (Lipinski definition) is 2. The van der Waals surface area contributed by atoms with Gasteiger partial charge in [-0.05, 0) is 25.3 Å². The van der Waals surface area contributed by atoms with Gasteiger partial charge in [0.25, 0.3) is 0 Å². The van der Waals surface area contributed by atoms with Crippen LogP contribution in [0.25, 0.3) is 0 Å². The van der Waals surface area contributed by atoms with E-state index in [9.17, 15) is 9.59 Å². The second kappa shape index (κ2) is 8.37. The van der Waals surface area contributed by atoms with Crippen LogP contribution in [0.5, 0.6) is 0 Å². The number of carbonyl (C=O) groups is 2. The monoisotopic (exact) mass is 343 g/mol. The summed E-state index contributed by atoms with van der Waals surface area (Å²) in [5, 5.41) is 3.13. The van der Waals surface area contributed by atoms with E-state index in [0.717, 1.165) is 18.4 Å². The third-order valence-electron chi connectivity index (χ3n) is 5.19. The van der Waals surface area contributed by atoms with E-state index in [1.807, 2.05) is 17.0 Å². The first-order valence-corrected chi connectivity index (χ1v) is 9.50. The zero-order chi connectivity index (χ0) is 17.6. The summed E-state index contributed by atoms with van der Waals surface area (Å²) in [4.78, 5) is 28.4. The minimum absolute atomic E-state index is 0.0161. The van der Waals surface area contributed by atoms with Gasteiger partial charge in [-0.15, -0.1) is 0 Å². The van der Waals surface area contributed by atoms with E-state index in [2.05, 4.69) is 24.4 Å². The van der Waals surface area contributed by atoms with E-state index in [1.165, 1.54) is 31.2 Å². The molecule has 0 aromatic heterocycles.